The van der Waals surface area contributed by atoms with Crippen molar-refractivity contribution in [1.82, 2.24) is 15.4 Å². The summed E-state index contributed by atoms with van der Waals surface area (Å²) in [4.78, 5) is 14.1. The molecular weight excluding hydrogens is 294 g/mol. The van der Waals surface area contributed by atoms with Crippen molar-refractivity contribution in [2.45, 2.75) is 72.1 Å². The second-order valence-electron chi connectivity index (χ2n) is 7.30. The smallest absolute Gasteiger partial charge is 0.410 e. The van der Waals surface area contributed by atoms with Crippen LogP contribution >= 0.6 is 0 Å². The van der Waals surface area contributed by atoms with E-state index in [-0.39, 0.29) is 12.1 Å². The highest BCUT2D eigenvalue weighted by Gasteiger charge is 2.26. The Morgan fingerprint density at radius 2 is 2.13 bits per heavy atom. The Labute approximate surface area is 138 Å². The SMILES string of the molecule is Cc1noc(C)c1CNC1CCCCN(C(=O)OC(C)(C)C)C1. The molecule has 1 aromatic rings. The van der Waals surface area contributed by atoms with Crippen LogP contribution in [0.25, 0.3) is 0 Å². The van der Waals surface area contributed by atoms with Crippen LogP contribution in [0.15, 0.2) is 4.52 Å². The van der Waals surface area contributed by atoms with Crippen molar-refractivity contribution in [2.24, 2.45) is 0 Å². The molecule has 23 heavy (non-hydrogen) atoms. The minimum atomic E-state index is -0.455. The van der Waals surface area contributed by atoms with Crippen molar-refractivity contribution in [3.8, 4) is 0 Å². The monoisotopic (exact) mass is 323 g/mol. The first-order chi connectivity index (χ1) is 10.8. The Kier molecular flexibility index (Phi) is 5.68. The normalized spacial score (nSPS) is 19.5. The molecular formula is C17H29N3O3. The summed E-state index contributed by atoms with van der Waals surface area (Å²) in [5.74, 6) is 0.854. The molecule has 0 aromatic carbocycles. The Bertz CT molecular complexity index is 514. The first-order valence-electron chi connectivity index (χ1n) is 8.39. The third kappa shape index (κ3) is 5.23. The highest BCUT2D eigenvalue weighted by molar-refractivity contribution is 5.68. The average molecular weight is 323 g/mol. The van der Waals surface area contributed by atoms with Gasteiger partial charge in [-0.05, 0) is 47.5 Å². The largest absolute Gasteiger partial charge is 0.444 e. The predicted molar refractivity (Wildman–Crippen MR) is 88.3 cm³/mol. The van der Waals surface area contributed by atoms with Gasteiger partial charge in [0.25, 0.3) is 0 Å². The van der Waals surface area contributed by atoms with E-state index in [2.05, 4.69) is 10.5 Å². The zero-order chi connectivity index (χ0) is 17.0. The lowest BCUT2D eigenvalue weighted by atomic mass is 10.1. The number of hydrogen-bond donors (Lipinski definition) is 1. The molecule has 0 bridgehead atoms. The summed E-state index contributed by atoms with van der Waals surface area (Å²) in [7, 11) is 0. The maximum atomic E-state index is 12.3. The van der Waals surface area contributed by atoms with Gasteiger partial charge in [-0.1, -0.05) is 11.6 Å². The van der Waals surface area contributed by atoms with Gasteiger partial charge < -0.3 is 19.5 Å². The Hall–Kier alpha value is -1.56. The minimum Gasteiger partial charge on any atom is -0.444 e. The maximum Gasteiger partial charge on any atom is 0.410 e. The van der Waals surface area contributed by atoms with Crippen LogP contribution in [-0.4, -0.2) is 40.9 Å². The first kappa shape index (κ1) is 17.8. The van der Waals surface area contributed by atoms with Gasteiger partial charge in [-0.25, -0.2) is 4.79 Å². The van der Waals surface area contributed by atoms with Gasteiger partial charge in [-0.2, -0.15) is 0 Å². The van der Waals surface area contributed by atoms with E-state index in [1.54, 1.807) is 0 Å². The number of amides is 1. The number of likely N-dealkylation sites (tertiary alicyclic amines) is 1. The molecule has 0 spiro atoms. The van der Waals surface area contributed by atoms with Gasteiger partial charge in [0.05, 0.1) is 5.69 Å². The fraction of sp³-hybridized carbons (Fsp3) is 0.765. The fourth-order valence-corrected chi connectivity index (χ4v) is 2.80. The molecule has 6 heteroatoms. The van der Waals surface area contributed by atoms with Crippen molar-refractivity contribution < 1.29 is 14.1 Å². The molecule has 1 atom stereocenters. The standard InChI is InChI=1S/C17H29N3O3/c1-12-15(13(2)23-19-12)10-18-14-8-6-7-9-20(11-14)16(21)22-17(3,4)5/h14,18H,6-11H2,1-5H3. The number of nitrogens with zero attached hydrogens (tertiary/aromatic N) is 2. The summed E-state index contributed by atoms with van der Waals surface area (Å²) < 4.78 is 10.7. The summed E-state index contributed by atoms with van der Waals surface area (Å²) in [6, 6.07) is 0.263. The predicted octanol–water partition coefficient (Wildman–Crippen LogP) is 3.17. The van der Waals surface area contributed by atoms with Crippen molar-refractivity contribution in [3.63, 3.8) is 0 Å². The molecule has 0 saturated carbocycles. The summed E-state index contributed by atoms with van der Waals surface area (Å²) in [6.45, 7) is 11.7. The molecule has 1 N–H and O–H groups in total. The minimum absolute atomic E-state index is 0.219. The number of carbonyl (C=O) groups is 1. The van der Waals surface area contributed by atoms with Crippen molar-refractivity contribution in [2.75, 3.05) is 13.1 Å². The van der Waals surface area contributed by atoms with Crippen LogP contribution in [0.3, 0.4) is 0 Å². The average Bonchev–Trinajstić information content (AvgIpc) is 2.66. The van der Waals surface area contributed by atoms with Gasteiger partial charge >= 0.3 is 6.09 Å². The number of carbonyl (C=O) groups excluding carboxylic acids is 1. The molecule has 1 unspecified atom stereocenters. The first-order valence-corrected chi connectivity index (χ1v) is 8.39. The lowest BCUT2D eigenvalue weighted by molar-refractivity contribution is 0.0243. The van der Waals surface area contributed by atoms with Gasteiger partial charge in [0.15, 0.2) is 0 Å². The van der Waals surface area contributed by atoms with E-state index in [9.17, 15) is 4.79 Å². The van der Waals surface area contributed by atoms with Crippen LogP contribution < -0.4 is 5.32 Å². The molecule has 2 rings (SSSR count). The number of aryl methyl sites for hydroxylation is 2. The molecule has 1 amide bonds. The van der Waals surface area contributed by atoms with E-state index in [1.165, 1.54) is 0 Å². The fourth-order valence-electron chi connectivity index (χ4n) is 2.80. The highest BCUT2D eigenvalue weighted by Crippen LogP contribution is 2.17. The third-order valence-corrected chi connectivity index (χ3v) is 4.07. The van der Waals surface area contributed by atoms with Crippen LogP contribution in [-0.2, 0) is 11.3 Å². The topological polar surface area (TPSA) is 67.6 Å². The van der Waals surface area contributed by atoms with Crippen molar-refractivity contribution >= 4 is 6.09 Å². The van der Waals surface area contributed by atoms with E-state index >= 15 is 0 Å². The van der Waals surface area contributed by atoms with Crippen LogP contribution in [0.5, 0.6) is 0 Å². The number of ether oxygens (including phenoxy) is 1. The zero-order valence-corrected chi connectivity index (χ0v) is 14.9. The Morgan fingerprint density at radius 1 is 1.39 bits per heavy atom. The molecule has 130 valence electrons. The molecule has 1 aromatic heterocycles. The molecule has 6 nitrogen and oxygen atoms in total. The maximum absolute atomic E-state index is 12.3. The second-order valence-corrected chi connectivity index (χ2v) is 7.30. The summed E-state index contributed by atoms with van der Waals surface area (Å²) in [5.41, 5.74) is 1.58. The molecule has 1 aliphatic rings. The lowest BCUT2D eigenvalue weighted by Gasteiger charge is -2.28. The van der Waals surface area contributed by atoms with Gasteiger partial charge in [-0.15, -0.1) is 0 Å². The van der Waals surface area contributed by atoms with E-state index in [0.29, 0.717) is 13.1 Å². The molecule has 2 heterocycles. The lowest BCUT2D eigenvalue weighted by Crippen LogP contribution is -2.44. The zero-order valence-electron chi connectivity index (χ0n) is 14.9. The van der Waals surface area contributed by atoms with Crippen molar-refractivity contribution in [3.05, 3.63) is 17.0 Å². The van der Waals surface area contributed by atoms with Crippen LogP contribution in [0.1, 0.15) is 57.1 Å². The Morgan fingerprint density at radius 3 is 2.74 bits per heavy atom. The van der Waals surface area contributed by atoms with Crippen LogP contribution in [0.4, 0.5) is 4.79 Å². The van der Waals surface area contributed by atoms with Crippen LogP contribution in [0.2, 0.25) is 0 Å². The third-order valence-electron chi connectivity index (χ3n) is 4.07. The summed E-state index contributed by atoms with van der Waals surface area (Å²) in [5, 5.41) is 7.53. The van der Waals surface area contributed by atoms with Gasteiger partial charge in [0.1, 0.15) is 11.4 Å². The molecule has 1 fully saturated rings. The second kappa shape index (κ2) is 7.34. The molecule has 0 radical (unpaired) electrons. The summed E-state index contributed by atoms with van der Waals surface area (Å²) >= 11 is 0. The van der Waals surface area contributed by atoms with Crippen LogP contribution in [0, 0.1) is 13.8 Å². The van der Waals surface area contributed by atoms with E-state index in [4.69, 9.17) is 9.26 Å². The molecule has 0 aliphatic carbocycles. The number of rotatable bonds is 3. The number of aromatic nitrogens is 1. The van der Waals surface area contributed by atoms with Gasteiger partial charge in [0.2, 0.25) is 0 Å². The van der Waals surface area contributed by atoms with E-state index < -0.39 is 5.60 Å². The highest BCUT2D eigenvalue weighted by atomic mass is 16.6. The van der Waals surface area contributed by atoms with E-state index in [1.807, 2.05) is 39.5 Å². The Balaban J connectivity index is 1.93. The quantitative estimate of drug-likeness (QED) is 0.925. The number of hydrogen-bond acceptors (Lipinski definition) is 5. The summed E-state index contributed by atoms with van der Waals surface area (Å²) in [6.07, 6.45) is 2.97. The van der Waals surface area contributed by atoms with Gasteiger partial charge in [-0.3, -0.25) is 0 Å². The van der Waals surface area contributed by atoms with Gasteiger partial charge in [0, 0.05) is 31.2 Å². The number of nitrogens with one attached hydrogen (secondary N) is 1. The van der Waals surface area contributed by atoms with E-state index in [0.717, 1.165) is 42.8 Å². The van der Waals surface area contributed by atoms with Crippen molar-refractivity contribution in [1.29, 1.82) is 0 Å². The molecule has 1 aliphatic heterocycles. The molecule has 1 saturated heterocycles.